The first-order chi connectivity index (χ1) is 10.2. The highest BCUT2D eigenvalue weighted by Crippen LogP contribution is 2.25. The summed E-state index contributed by atoms with van der Waals surface area (Å²) in [6, 6.07) is 15.9. The summed E-state index contributed by atoms with van der Waals surface area (Å²) in [5.74, 6) is -0.0717. The molecule has 0 aliphatic rings. The minimum atomic E-state index is -0.149. The summed E-state index contributed by atoms with van der Waals surface area (Å²) in [5, 5.41) is 13.2. The fourth-order valence-electron chi connectivity index (χ4n) is 1.87. The van der Waals surface area contributed by atoms with Crippen molar-refractivity contribution in [2.45, 2.75) is 0 Å². The molecule has 0 atom stereocenters. The van der Waals surface area contributed by atoms with Crippen LogP contribution in [0.5, 0.6) is 5.75 Å². The maximum absolute atomic E-state index is 12.3. The number of rotatable bonds is 4. The van der Waals surface area contributed by atoms with E-state index in [1.54, 1.807) is 18.3 Å². The van der Waals surface area contributed by atoms with Gasteiger partial charge in [0, 0.05) is 11.3 Å². The number of nitrogens with one attached hydrogen (secondary N) is 1. The Balaban J connectivity index is 1.80. The Morgan fingerprint density at radius 1 is 1.10 bits per heavy atom. The number of phenols is 1. The van der Waals surface area contributed by atoms with Crippen LogP contribution in [0.4, 0.5) is 10.8 Å². The fraction of sp³-hybridized carbons (Fsp3) is 0. The standard InChI is InChI=1S/C16H12N2O2S/c19-13-8-4-5-11(9-13)15(20)14-10-17-16(21-14)18-12-6-2-1-3-7-12/h1-10,19H,(H,17,18). The first kappa shape index (κ1) is 13.3. The summed E-state index contributed by atoms with van der Waals surface area (Å²) >= 11 is 1.28. The number of aromatic nitrogens is 1. The van der Waals surface area contributed by atoms with Crippen LogP contribution in [0.2, 0.25) is 0 Å². The highest BCUT2D eigenvalue weighted by Gasteiger charge is 2.13. The SMILES string of the molecule is O=C(c1cccc(O)c1)c1cnc(Nc2ccccc2)s1. The quantitative estimate of drug-likeness (QED) is 0.718. The third-order valence-corrected chi connectivity index (χ3v) is 3.77. The molecule has 0 unspecified atom stereocenters. The summed E-state index contributed by atoms with van der Waals surface area (Å²) < 4.78 is 0. The second kappa shape index (κ2) is 5.76. The molecule has 3 aromatic rings. The van der Waals surface area contributed by atoms with Gasteiger partial charge >= 0.3 is 0 Å². The molecule has 4 nitrogen and oxygen atoms in total. The normalized spacial score (nSPS) is 10.3. The molecule has 3 rings (SSSR count). The second-order valence-corrected chi connectivity index (χ2v) is 5.43. The monoisotopic (exact) mass is 296 g/mol. The average molecular weight is 296 g/mol. The number of benzene rings is 2. The average Bonchev–Trinajstić information content (AvgIpc) is 2.96. The molecule has 21 heavy (non-hydrogen) atoms. The van der Waals surface area contributed by atoms with Gasteiger partial charge in [-0.3, -0.25) is 4.79 Å². The highest BCUT2D eigenvalue weighted by molar-refractivity contribution is 7.17. The van der Waals surface area contributed by atoms with Gasteiger partial charge in [0.05, 0.1) is 11.1 Å². The van der Waals surface area contributed by atoms with Crippen LogP contribution in [0.15, 0.2) is 60.8 Å². The molecule has 1 aromatic heterocycles. The smallest absolute Gasteiger partial charge is 0.204 e. The van der Waals surface area contributed by atoms with Crippen molar-refractivity contribution in [1.29, 1.82) is 0 Å². The summed E-state index contributed by atoms with van der Waals surface area (Å²) in [6.45, 7) is 0. The fourth-order valence-corrected chi connectivity index (χ4v) is 2.67. The lowest BCUT2D eigenvalue weighted by atomic mass is 10.1. The number of thiazole rings is 1. The van der Waals surface area contributed by atoms with Crippen molar-refractivity contribution in [3.8, 4) is 5.75 Å². The summed E-state index contributed by atoms with van der Waals surface area (Å²) in [4.78, 5) is 17.0. The van der Waals surface area contributed by atoms with E-state index in [0.29, 0.717) is 15.6 Å². The summed E-state index contributed by atoms with van der Waals surface area (Å²) in [5.41, 5.74) is 1.37. The number of hydrogen-bond acceptors (Lipinski definition) is 5. The molecule has 0 amide bonds. The van der Waals surface area contributed by atoms with Gasteiger partial charge in [-0.05, 0) is 24.3 Å². The molecule has 0 saturated carbocycles. The van der Waals surface area contributed by atoms with Crippen molar-refractivity contribution in [3.05, 3.63) is 71.2 Å². The van der Waals surface area contributed by atoms with E-state index in [9.17, 15) is 9.90 Å². The number of nitrogens with zero attached hydrogens (tertiary/aromatic N) is 1. The van der Waals surface area contributed by atoms with Gasteiger partial charge in [0.1, 0.15) is 5.75 Å². The van der Waals surface area contributed by atoms with Crippen LogP contribution in [0, 0.1) is 0 Å². The third-order valence-electron chi connectivity index (χ3n) is 2.86. The molecule has 0 spiro atoms. The van der Waals surface area contributed by atoms with Gasteiger partial charge in [0.2, 0.25) is 5.78 Å². The van der Waals surface area contributed by atoms with Crippen molar-refractivity contribution < 1.29 is 9.90 Å². The maximum atomic E-state index is 12.3. The van der Waals surface area contributed by atoms with E-state index < -0.39 is 0 Å². The molecule has 0 aliphatic carbocycles. The highest BCUT2D eigenvalue weighted by atomic mass is 32.1. The molecular formula is C16H12N2O2S. The number of phenolic OH excluding ortho intramolecular Hbond substituents is 1. The van der Waals surface area contributed by atoms with Crippen molar-refractivity contribution in [2.24, 2.45) is 0 Å². The summed E-state index contributed by atoms with van der Waals surface area (Å²) in [7, 11) is 0. The third kappa shape index (κ3) is 3.09. The van der Waals surface area contributed by atoms with Gasteiger partial charge in [-0.15, -0.1) is 0 Å². The van der Waals surface area contributed by atoms with Crippen LogP contribution in [0.25, 0.3) is 0 Å². The molecule has 0 bridgehead atoms. The van der Waals surface area contributed by atoms with Crippen molar-refractivity contribution in [3.63, 3.8) is 0 Å². The number of para-hydroxylation sites is 1. The first-order valence-corrected chi connectivity index (χ1v) is 7.16. The van der Waals surface area contributed by atoms with Crippen molar-refractivity contribution in [1.82, 2.24) is 4.98 Å². The van der Waals surface area contributed by atoms with Crippen molar-refractivity contribution in [2.75, 3.05) is 5.32 Å². The zero-order valence-corrected chi connectivity index (χ0v) is 11.8. The lowest BCUT2D eigenvalue weighted by molar-refractivity contribution is 0.104. The molecule has 0 saturated heterocycles. The van der Waals surface area contributed by atoms with E-state index in [2.05, 4.69) is 10.3 Å². The Morgan fingerprint density at radius 2 is 1.90 bits per heavy atom. The van der Waals surface area contributed by atoms with Crippen molar-refractivity contribution >= 4 is 27.9 Å². The molecule has 0 fully saturated rings. The van der Waals surface area contributed by atoms with Gasteiger partial charge in [0.25, 0.3) is 0 Å². The van der Waals surface area contributed by atoms with E-state index >= 15 is 0 Å². The predicted octanol–water partition coefficient (Wildman–Crippen LogP) is 3.82. The zero-order chi connectivity index (χ0) is 14.7. The van der Waals surface area contributed by atoms with Gasteiger partial charge < -0.3 is 10.4 Å². The van der Waals surface area contributed by atoms with Gasteiger partial charge in [-0.25, -0.2) is 4.98 Å². The predicted molar refractivity (Wildman–Crippen MR) is 83.4 cm³/mol. The van der Waals surface area contributed by atoms with Crippen LogP contribution in [-0.2, 0) is 0 Å². The van der Waals surface area contributed by atoms with Gasteiger partial charge in [0.15, 0.2) is 5.13 Å². The minimum absolute atomic E-state index is 0.0769. The Morgan fingerprint density at radius 3 is 2.67 bits per heavy atom. The van der Waals surface area contributed by atoms with Gasteiger partial charge in [-0.1, -0.05) is 41.7 Å². The summed E-state index contributed by atoms with van der Waals surface area (Å²) in [6.07, 6.45) is 1.54. The first-order valence-electron chi connectivity index (χ1n) is 6.34. The molecule has 1 heterocycles. The molecule has 2 N–H and O–H groups in total. The van der Waals surface area contributed by atoms with Crippen LogP contribution in [-0.4, -0.2) is 15.9 Å². The molecule has 2 aromatic carbocycles. The van der Waals surface area contributed by atoms with Crippen LogP contribution in [0.1, 0.15) is 15.2 Å². The molecule has 104 valence electrons. The molecule has 5 heteroatoms. The van der Waals surface area contributed by atoms with E-state index in [1.807, 2.05) is 30.3 Å². The number of hydrogen-bond donors (Lipinski definition) is 2. The maximum Gasteiger partial charge on any atom is 0.204 e. The minimum Gasteiger partial charge on any atom is -0.508 e. The Hall–Kier alpha value is -2.66. The van der Waals surface area contributed by atoms with Gasteiger partial charge in [-0.2, -0.15) is 0 Å². The zero-order valence-electron chi connectivity index (χ0n) is 11.0. The van der Waals surface area contributed by atoms with E-state index in [-0.39, 0.29) is 11.5 Å². The van der Waals surface area contributed by atoms with Crippen LogP contribution < -0.4 is 5.32 Å². The Kier molecular flexibility index (Phi) is 3.66. The Labute approximate surface area is 125 Å². The van der Waals surface area contributed by atoms with E-state index in [0.717, 1.165) is 5.69 Å². The van der Waals surface area contributed by atoms with E-state index in [1.165, 1.54) is 23.5 Å². The number of carbonyl (C=O) groups is 1. The molecule has 0 aliphatic heterocycles. The largest absolute Gasteiger partial charge is 0.508 e. The number of anilines is 2. The lowest BCUT2D eigenvalue weighted by Gasteiger charge is -2.00. The number of carbonyl (C=O) groups excluding carboxylic acids is 1. The molecule has 0 radical (unpaired) electrons. The topological polar surface area (TPSA) is 62.2 Å². The van der Waals surface area contributed by atoms with Crippen LogP contribution in [0.3, 0.4) is 0 Å². The Bertz CT molecular complexity index is 769. The number of aromatic hydroxyl groups is 1. The number of ketones is 1. The second-order valence-electron chi connectivity index (χ2n) is 4.40. The van der Waals surface area contributed by atoms with Crippen LogP contribution >= 0.6 is 11.3 Å². The van der Waals surface area contributed by atoms with E-state index in [4.69, 9.17) is 0 Å². The lowest BCUT2D eigenvalue weighted by Crippen LogP contribution is -1.97. The molecular weight excluding hydrogens is 284 g/mol.